The predicted octanol–water partition coefficient (Wildman–Crippen LogP) is 4.67. The van der Waals surface area contributed by atoms with Crippen LogP contribution in [0.1, 0.15) is 90.8 Å². The van der Waals surface area contributed by atoms with Gasteiger partial charge in [0.05, 0.1) is 9.71 Å². The number of fused-ring (bicyclic) bond motifs is 1. The van der Waals surface area contributed by atoms with Crippen LogP contribution in [0.25, 0.3) is 10.3 Å². The second-order valence-corrected chi connectivity index (χ2v) is 8.22. The number of nitrogens with zero attached hydrogens (tertiary/aromatic N) is 2. The summed E-state index contributed by atoms with van der Waals surface area (Å²) >= 11 is 1.78. The average molecular weight is 331 g/mol. The summed E-state index contributed by atoms with van der Waals surface area (Å²) < 4.78 is 3.39. The molecule has 5 heteroatoms. The highest BCUT2D eigenvalue weighted by Gasteiger charge is 2.31. The highest BCUT2D eigenvalue weighted by atomic mass is 32.1. The maximum Gasteiger partial charge on any atom is 0.265 e. The van der Waals surface area contributed by atoms with Crippen LogP contribution in [0, 0.1) is 6.92 Å². The summed E-state index contributed by atoms with van der Waals surface area (Å²) in [6.45, 7) is 2.04. The second kappa shape index (κ2) is 5.93. The molecule has 124 valence electrons. The zero-order chi connectivity index (χ0) is 16.0. The van der Waals surface area contributed by atoms with Gasteiger partial charge < -0.3 is 10.3 Å². The van der Waals surface area contributed by atoms with Gasteiger partial charge in [-0.05, 0) is 38.2 Å². The first-order valence-corrected chi connectivity index (χ1v) is 9.79. The Kier molecular flexibility index (Phi) is 3.92. The molecule has 2 saturated carbocycles. The number of hydrogen-bond acceptors (Lipinski definition) is 3. The first kappa shape index (κ1) is 15.2. The molecule has 0 bridgehead atoms. The third-order valence-electron chi connectivity index (χ3n) is 5.39. The molecule has 2 aliphatic rings. The highest BCUT2D eigenvalue weighted by Crippen LogP contribution is 2.45. The average Bonchev–Trinajstić information content (AvgIpc) is 3.17. The number of aromatic nitrogens is 2. The fraction of sp³-hybridized carbons (Fsp3) is 0.667. The van der Waals surface area contributed by atoms with Crippen molar-refractivity contribution >= 4 is 27.6 Å². The van der Waals surface area contributed by atoms with Crippen LogP contribution in [0.4, 0.5) is 0 Å². The SMILES string of the molecule is Cc1c(C(N)=O)n(C2CCCCCCC2)c2nc(C3CC3)sc12. The molecule has 0 unspecified atom stereocenters. The lowest BCUT2D eigenvalue weighted by Crippen LogP contribution is -2.22. The summed E-state index contributed by atoms with van der Waals surface area (Å²) in [4.78, 5) is 17.1. The third-order valence-corrected chi connectivity index (χ3v) is 6.72. The zero-order valence-electron chi connectivity index (χ0n) is 13.8. The van der Waals surface area contributed by atoms with Gasteiger partial charge in [0.15, 0.2) is 5.65 Å². The Labute approximate surface area is 141 Å². The van der Waals surface area contributed by atoms with Crippen molar-refractivity contribution in [3.8, 4) is 0 Å². The van der Waals surface area contributed by atoms with E-state index < -0.39 is 0 Å². The molecule has 0 spiro atoms. The number of nitrogens with two attached hydrogens (primary N) is 1. The van der Waals surface area contributed by atoms with Gasteiger partial charge in [0.2, 0.25) is 0 Å². The largest absolute Gasteiger partial charge is 0.364 e. The maximum atomic E-state index is 12.1. The van der Waals surface area contributed by atoms with Crippen molar-refractivity contribution in [3.63, 3.8) is 0 Å². The molecule has 4 nitrogen and oxygen atoms in total. The van der Waals surface area contributed by atoms with Crippen molar-refractivity contribution in [2.75, 3.05) is 0 Å². The van der Waals surface area contributed by atoms with E-state index in [0.29, 0.717) is 17.7 Å². The smallest absolute Gasteiger partial charge is 0.265 e. The van der Waals surface area contributed by atoms with Gasteiger partial charge in [-0.2, -0.15) is 0 Å². The van der Waals surface area contributed by atoms with Gasteiger partial charge in [-0.15, -0.1) is 11.3 Å². The van der Waals surface area contributed by atoms with Crippen LogP contribution in [0.15, 0.2) is 0 Å². The molecule has 0 aromatic carbocycles. The summed E-state index contributed by atoms with van der Waals surface area (Å²) in [6, 6.07) is 0.378. The Morgan fingerprint density at radius 1 is 1.13 bits per heavy atom. The van der Waals surface area contributed by atoms with Crippen LogP contribution in [0.2, 0.25) is 0 Å². The number of amides is 1. The first-order chi connectivity index (χ1) is 11.2. The van der Waals surface area contributed by atoms with Crippen molar-refractivity contribution in [3.05, 3.63) is 16.3 Å². The van der Waals surface area contributed by atoms with Crippen LogP contribution in [-0.2, 0) is 0 Å². The van der Waals surface area contributed by atoms with E-state index in [9.17, 15) is 4.79 Å². The minimum atomic E-state index is -0.303. The maximum absolute atomic E-state index is 12.1. The molecular formula is C18H25N3OS. The second-order valence-electron chi connectivity index (χ2n) is 7.19. The molecule has 2 fully saturated rings. The van der Waals surface area contributed by atoms with Crippen LogP contribution in [0.5, 0.6) is 0 Å². The van der Waals surface area contributed by atoms with Crippen LogP contribution < -0.4 is 5.73 Å². The molecule has 0 atom stereocenters. The minimum Gasteiger partial charge on any atom is -0.364 e. The fourth-order valence-electron chi connectivity index (χ4n) is 3.99. The van der Waals surface area contributed by atoms with Crippen molar-refractivity contribution in [1.82, 2.24) is 9.55 Å². The van der Waals surface area contributed by atoms with E-state index in [0.717, 1.165) is 24.1 Å². The molecule has 2 heterocycles. The number of aryl methyl sites for hydroxylation is 1. The van der Waals surface area contributed by atoms with Crippen LogP contribution >= 0.6 is 11.3 Å². The molecule has 0 aliphatic heterocycles. The topological polar surface area (TPSA) is 60.9 Å². The number of hydrogen-bond donors (Lipinski definition) is 1. The van der Waals surface area contributed by atoms with Gasteiger partial charge in [0.1, 0.15) is 5.69 Å². The monoisotopic (exact) mass is 331 g/mol. The van der Waals surface area contributed by atoms with E-state index in [-0.39, 0.29) is 5.91 Å². The summed E-state index contributed by atoms with van der Waals surface area (Å²) in [7, 11) is 0. The minimum absolute atomic E-state index is 0.303. The molecule has 2 N–H and O–H groups in total. The molecule has 2 aromatic heterocycles. The van der Waals surface area contributed by atoms with Crippen molar-refractivity contribution in [1.29, 1.82) is 0 Å². The Hall–Kier alpha value is -1.36. The first-order valence-electron chi connectivity index (χ1n) is 8.98. The van der Waals surface area contributed by atoms with E-state index in [1.54, 1.807) is 11.3 Å². The van der Waals surface area contributed by atoms with Crippen molar-refractivity contribution in [2.24, 2.45) is 5.73 Å². The van der Waals surface area contributed by atoms with E-state index in [1.165, 1.54) is 54.7 Å². The molecule has 0 radical (unpaired) electrons. The fourth-order valence-corrected chi connectivity index (χ4v) is 5.22. The lowest BCUT2D eigenvalue weighted by molar-refractivity contribution is 0.0988. The Balaban J connectivity index is 1.83. The van der Waals surface area contributed by atoms with Gasteiger partial charge in [0.25, 0.3) is 5.91 Å². The van der Waals surface area contributed by atoms with Gasteiger partial charge >= 0.3 is 0 Å². The molecule has 23 heavy (non-hydrogen) atoms. The van der Waals surface area contributed by atoms with Crippen molar-refractivity contribution in [2.45, 2.75) is 76.7 Å². The van der Waals surface area contributed by atoms with E-state index in [2.05, 4.69) is 4.57 Å². The van der Waals surface area contributed by atoms with Gasteiger partial charge in [0, 0.05) is 12.0 Å². The normalized spacial score (nSPS) is 20.6. The molecule has 1 amide bonds. The summed E-state index contributed by atoms with van der Waals surface area (Å²) in [5.41, 5.74) is 8.51. The van der Waals surface area contributed by atoms with Gasteiger partial charge in [-0.3, -0.25) is 4.79 Å². The number of carbonyl (C=O) groups excluding carboxylic acids is 1. The molecule has 2 aromatic rings. The van der Waals surface area contributed by atoms with Gasteiger partial charge in [-0.1, -0.05) is 32.1 Å². The van der Waals surface area contributed by atoms with Gasteiger partial charge in [-0.25, -0.2) is 4.98 Å². The Morgan fingerprint density at radius 2 is 1.78 bits per heavy atom. The quantitative estimate of drug-likeness (QED) is 0.888. The Morgan fingerprint density at radius 3 is 2.39 bits per heavy atom. The van der Waals surface area contributed by atoms with Crippen LogP contribution in [0.3, 0.4) is 0 Å². The van der Waals surface area contributed by atoms with E-state index in [4.69, 9.17) is 10.7 Å². The third kappa shape index (κ3) is 2.69. The predicted molar refractivity (Wildman–Crippen MR) is 94.2 cm³/mol. The zero-order valence-corrected chi connectivity index (χ0v) is 14.6. The highest BCUT2D eigenvalue weighted by molar-refractivity contribution is 7.18. The summed E-state index contributed by atoms with van der Waals surface area (Å²) in [5, 5.41) is 1.26. The summed E-state index contributed by atoms with van der Waals surface area (Å²) in [6.07, 6.45) is 11.2. The number of thiazole rings is 1. The van der Waals surface area contributed by atoms with Crippen LogP contribution in [-0.4, -0.2) is 15.5 Å². The summed E-state index contributed by atoms with van der Waals surface area (Å²) in [5.74, 6) is 0.359. The number of carbonyl (C=O) groups is 1. The lowest BCUT2D eigenvalue weighted by Gasteiger charge is -2.23. The lowest BCUT2D eigenvalue weighted by atomic mass is 9.96. The van der Waals surface area contributed by atoms with Crippen molar-refractivity contribution < 1.29 is 4.79 Å². The molecule has 4 rings (SSSR count). The Bertz CT molecular complexity index is 733. The van der Waals surface area contributed by atoms with E-state index >= 15 is 0 Å². The van der Waals surface area contributed by atoms with E-state index in [1.807, 2.05) is 6.92 Å². The molecular weight excluding hydrogens is 306 g/mol. The number of primary amides is 1. The molecule has 0 saturated heterocycles. The standard InChI is InChI=1S/C18H25N3OS/c1-11-14(16(19)22)21(13-7-5-3-2-4-6-8-13)17-15(11)23-18(20-17)12-9-10-12/h12-13H,2-10H2,1H3,(H2,19,22). The number of rotatable bonds is 3. The molecule has 2 aliphatic carbocycles.